The third kappa shape index (κ3) is 4.66. The number of hydrogen-bond acceptors (Lipinski definition) is 9. The van der Waals surface area contributed by atoms with Crippen molar-refractivity contribution in [1.29, 1.82) is 0 Å². The van der Waals surface area contributed by atoms with Crippen LogP contribution in [-0.4, -0.2) is 59.3 Å². The molecule has 2 atom stereocenters. The van der Waals surface area contributed by atoms with Gasteiger partial charge >= 0.3 is 12.0 Å². The average molecular weight is 441 g/mol. The maximum atomic E-state index is 14.7. The number of carbonyl (C=O) groups excluding carboxylic acids is 2. The first-order chi connectivity index (χ1) is 15.5. The van der Waals surface area contributed by atoms with Gasteiger partial charge in [-0.25, -0.2) is 19.2 Å². The summed E-state index contributed by atoms with van der Waals surface area (Å²) < 4.78 is 30.3. The monoisotopic (exact) mass is 441 g/mol. The van der Waals surface area contributed by atoms with Gasteiger partial charge in [-0.1, -0.05) is 12.1 Å². The van der Waals surface area contributed by atoms with E-state index in [4.69, 9.17) is 13.9 Å². The van der Waals surface area contributed by atoms with Gasteiger partial charge in [0.2, 0.25) is 0 Å². The third-order valence-corrected chi connectivity index (χ3v) is 4.86. The molecule has 0 radical (unpaired) electrons. The molecule has 0 bridgehead atoms. The molecule has 4 rings (SSSR count). The quantitative estimate of drug-likeness (QED) is 0.575. The smallest absolute Gasteiger partial charge is 0.339 e. The minimum absolute atomic E-state index is 0.00821. The Balaban J connectivity index is 1.39. The lowest BCUT2D eigenvalue weighted by Crippen LogP contribution is -2.47. The fourth-order valence-electron chi connectivity index (χ4n) is 3.25. The van der Waals surface area contributed by atoms with E-state index >= 15 is 0 Å². The van der Waals surface area contributed by atoms with Crippen LogP contribution >= 0.6 is 0 Å². The summed E-state index contributed by atoms with van der Waals surface area (Å²) in [6.07, 6.45) is 2.56. The Bertz CT molecular complexity index is 1090. The maximum absolute atomic E-state index is 14.7. The van der Waals surface area contributed by atoms with Crippen molar-refractivity contribution in [3.8, 4) is 6.01 Å². The summed E-state index contributed by atoms with van der Waals surface area (Å²) in [6.45, 7) is 0.384. The highest BCUT2D eigenvalue weighted by molar-refractivity contribution is 6.07. The van der Waals surface area contributed by atoms with Gasteiger partial charge in [-0.3, -0.25) is 4.79 Å². The summed E-state index contributed by atoms with van der Waals surface area (Å²) in [5.74, 6) is -1.16. The molecule has 1 saturated heterocycles. The lowest BCUT2D eigenvalue weighted by molar-refractivity contribution is 0.0602. The molecule has 1 aliphatic rings. The van der Waals surface area contributed by atoms with Crippen molar-refractivity contribution in [3.63, 3.8) is 0 Å². The number of nitrogens with zero attached hydrogens (tertiary/aromatic N) is 4. The molecule has 0 spiro atoms. The Morgan fingerprint density at radius 2 is 2.00 bits per heavy atom. The first-order valence-corrected chi connectivity index (χ1v) is 9.82. The molecule has 166 valence electrons. The molecule has 0 unspecified atom stereocenters. The van der Waals surface area contributed by atoms with Crippen LogP contribution in [0.1, 0.15) is 27.3 Å². The molecular formula is C21H20FN5O5. The van der Waals surface area contributed by atoms with Gasteiger partial charge < -0.3 is 24.1 Å². The molecule has 1 aromatic carbocycles. The number of rotatable bonds is 6. The molecule has 0 aliphatic carbocycles. The summed E-state index contributed by atoms with van der Waals surface area (Å²) in [4.78, 5) is 38.1. The lowest BCUT2D eigenvalue weighted by atomic mass is 10.1. The van der Waals surface area contributed by atoms with Gasteiger partial charge in [-0.05, 0) is 18.2 Å². The zero-order valence-electron chi connectivity index (χ0n) is 17.1. The fraction of sp³-hybridized carbons (Fsp3) is 0.286. The molecule has 0 saturated carbocycles. The summed E-state index contributed by atoms with van der Waals surface area (Å²) in [5, 5.41) is 2.61. The number of piperidine rings is 1. The van der Waals surface area contributed by atoms with Gasteiger partial charge in [0.05, 0.1) is 24.9 Å². The van der Waals surface area contributed by atoms with Crippen molar-refractivity contribution < 1.29 is 27.9 Å². The summed E-state index contributed by atoms with van der Waals surface area (Å²) in [6, 6.07) is 8.31. The van der Waals surface area contributed by atoms with Crippen LogP contribution in [0.15, 0.2) is 53.4 Å². The van der Waals surface area contributed by atoms with E-state index in [-0.39, 0.29) is 35.5 Å². The van der Waals surface area contributed by atoms with Crippen LogP contribution in [0.3, 0.4) is 0 Å². The second-order valence-corrected chi connectivity index (χ2v) is 6.94. The molecule has 1 amide bonds. The van der Waals surface area contributed by atoms with Crippen LogP contribution in [-0.2, 0) is 4.74 Å². The zero-order valence-corrected chi connectivity index (χ0v) is 17.1. The number of carbonyl (C=O) groups is 2. The first kappa shape index (κ1) is 21.2. The van der Waals surface area contributed by atoms with Gasteiger partial charge in [0, 0.05) is 25.4 Å². The Morgan fingerprint density at radius 3 is 2.75 bits per heavy atom. The molecule has 2 aromatic heterocycles. The largest absolute Gasteiger partial charge is 0.465 e. The Hall–Kier alpha value is -4.02. The number of ether oxygens (including phenoxy) is 2. The fourth-order valence-corrected chi connectivity index (χ4v) is 3.25. The molecule has 1 fully saturated rings. The normalized spacial score (nSPS) is 18.1. The van der Waals surface area contributed by atoms with Crippen LogP contribution in [0.2, 0.25) is 0 Å². The van der Waals surface area contributed by atoms with Crippen LogP contribution in [0, 0.1) is 0 Å². The van der Waals surface area contributed by atoms with E-state index in [1.807, 2.05) is 0 Å². The molecule has 1 N–H and O–H groups in total. The Morgan fingerprint density at radius 1 is 1.22 bits per heavy atom. The highest BCUT2D eigenvalue weighted by atomic mass is 19.1. The highest BCUT2D eigenvalue weighted by Crippen LogP contribution is 2.24. The molecule has 3 aromatic rings. The highest BCUT2D eigenvalue weighted by Gasteiger charge is 2.33. The third-order valence-electron chi connectivity index (χ3n) is 4.86. The van der Waals surface area contributed by atoms with E-state index in [2.05, 4.69) is 20.3 Å². The second kappa shape index (κ2) is 9.41. The number of esters is 1. The molecule has 32 heavy (non-hydrogen) atoms. The number of amides is 1. The van der Waals surface area contributed by atoms with E-state index in [0.29, 0.717) is 13.0 Å². The Labute approximate surface area is 182 Å². The van der Waals surface area contributed by atoms with Gasteiger partial charge in [0.15, 0.2) is 11.9 Å². The van der Waals surface area contributed by atoms with Gasteiger partial charge in [0.25, 0.3) is 11.9 Å². The van der Waals surface area contributed by atoms with E-state index in [9.17, 15) is 14.0 Å². The van der Waals surface area contributed by atoms with E-state index in [0.717, 1.165) is 0 Å². The van der Waals surface area contributed by atoms with Crippen molar-refractivity contribution in [2.45, 2.75) is 18.7 Å². The number of para-hydroxylation sites is 1. The van der Waals surface area contributed by atoms with Crippen LogP contribution in [0.4, 0.5) is 16.1 Å². The average Bonchev–Trinajstić information content (AvgIpc) is 3.31. The standard InChI is InChI=1S/C21H20FN5O5/c1-30-19(29)13-5-2-3-6-15(13)25-18(28)16-12-31-21(26-16)27-10-7-17(14(22)11-27)32-20-23-8-4-9-24-20/h2-6,8-9,12,14,17H,7,10-11H2,1H3,(H,25,28)/t14-,17+/m0/s1. The SMILES string of the molecule is COC(=O)c1ccccc1NC(=O)c1coc(N2CC[C@@H](Oc3ncccn3)[C@@H](F)C2)n1. The molecule has 3 heterocycles. The summed E-state index contributed by atoms with van der Waals surface area (Å²) in [7, 11) is 1.25. The van der Waals surface area contributed by atoms with Crippen molar-refractivity contribution in [1.82, 2.24) is 15.0 Å². The number of methoxy groups -OCH3 is 1. The van der Waals surface area contributed by atoms with Crippen LogP contribution in [0.25, 0.3) is 0 Å². The van der Waals surface area contributed by atoms with Crippen molar-refractivity contribution in [2.24, 2.45) is 0 Å². The minimum atomic E-state index is -1.33. The summed E-state index contributed by atoms with van der Waals surface area (Å²) >= 11 is 0. The molecule has 11 heteroatoms. The van der Waals surface area contributed by atoms with Gasteiger partial charge in [-0.2, -0.15) is 4.98 Å². The predicted molar refractivity (Wildman–Crippen MR) is 110 cm³/mol. The first-order valence-electron chi connectivity index (χ1n) is 9.82. The molecule has 10 nitrogen and oxygen atoms in total. The molecule has 1 aliphatic heterocycles. The van der Waals surface area contributed by atoms with E-state index in [1.165, 1.54) is 31.8 Å². The number of halogens is 1. The predicted octanol–water partition coefficient (Wildman–Crippen LogP) is 2.50. The minimum Gasteiger partial charge on any atom is -0.465 e. The van der Waals surface area contributed by atoms with Crippen molar-refractivity contribution in [2.75, 3.05) is 30.4 Å². The lowest BCUT2D eigenvalue weighted by Gasteiger charge is -2.33. The number of aromatic nitrogens is 3. The van der Waals surface area contributed by atoms with Crippen molar-refractivity contribution in [3.05, 3.63) is 60.2 Å². The Kier molecular flexibility index (Phi) is 6.24. The second-order valence-electron chi connectivity index (χ2n) is 6.94. The van der Waals surface area contributed by atoms with Gasteiger partial charge in [0.1, 0.15) is 12.4 Å². The van der Waals surface area contributed by atoms with Crippen LogP contribution in [0.5, 0.6) is 6.01 Å². The van der Waals surface area contributed by atoms with E-state index < -0.39 is 24.2 Å². The van der Waals surface area contributed by atoms with Crippen molar-refractivity contribution >= 4 is 23.6 Å². The number of nitrogens with one attached hydrogen (secondary N) is 1. The zero-order chi connectivity index (χ0) is 22.5. The van der Waals surface area contributed by atoms with Gasteiger partial charge in [-0.15, -0.1) is 0 Å². The number of benzene rings is 1. The van der Waals surface area contributed by atoms with E-state index in [1.54, 1.807) is 29.2 Å². The van der Waals surface area contributed by atoms with Crippen LogP contribution < -0.4 is 15.0 Å². The molecular weight excluding hydrogens is 421 g/mol. The summed E-state index contributed by atoms with van der Waals surface area (Å²) in [5.41, 5.74) is 0.474. The number of alkyl halides is 1. The number of anilines is 2. The topological polar surface area (TPSA) is 120 Å². The number of oxazole rings is 1. The maximum Gasteiger partial charge on any atom is 0.339 e. The number of hydrogen-bond donors (Lipinski definition) is 1.